The molecule has 0 aromatic heterocycles. The van der Waals surface area contributed by atoms with E-state index in [1.54, 1.807) is 0 Å². The summed E-state index contributed by atoms with van der Waals surface area (Å²) in [5, 5.41) is 4.54. The van der Waals surface area contributed by atoms with Crippen molar-refractivity contribution < 1.29 is 0 Å². The zero-order valence-electron chi connectivity index (χ0n) is 13.0. The number of hydrogen-bond acceptors (Lipinski definition) is 1. The lowest BCUT2D eigenvalue weighted by molar-refractivity contribution is 0.335. The lowest BCUT2D eigenvalue weighted by Crippen LogP contribution is -2.40. The van der Waals surface area contributed by atoms with E-state index in [-0.39, 0.29) is 5.54 Å². The smallest absolute Gasteiger partial charge is 0.0441 e. The molecule has 0 aliphatic carbocycles. The predicted molar refractivity (Wildman–Crippen MR) is 86.0 cm³/mol. The minimum absolute atomic E-state index is 0.144. The molecule has 0 spiro atoms. The molecule has 0 saturated carbocycles. The highest BCUT2D eigenvalue weighted by Crippen LogP contribution is 2.33. The Kier molecular flexibility index (Phi) is 6.35. The lowest BCUT2D eigenvalue weighted by atomic mass is 9.82. The summed E-state index contributed by atoms with van der Waals surface area (Å²) in [5.74, 6) is 1.16. The van der Waals surface area contributed by atoms with E-state index in [9.17, 15) is 0 Å². The van der Waals surface area contributed by atoms with Crippen LogP contribution in [-0.2, 0) is 0 Å². The van der Waals surface area contributed by atoms with Crippen molar-refractivity contribution >= 4 is 11.6 Å². The number of hydrogen-bond donors (Lipinski definition) is 1. The zero-order valence-corrected chi connectivity index (χ0v) is 13.7. The average molecular weight is 282 g/mol. The van der Waals surface area contributed by atoms with Crippen LogP contribution in [0.3, 0.4) is 0 Å². The first kappa shape index (κ1) is 16.5. The molecule has 2 heteroatoms. The second-order valence-corrected chi connectivity index (χ2v) is 6.74. The third-order valence-electron chi connectivity index (χ3n) is 3.77. The third kappa shape index (κ3) is 5.16. The fraction of sp³-hybridized carbons (Fsp3) is 0.647. The van der Waals surface area contributed by atoms with Gasteiger partial charge in [0, 0.05) is 23.0 Å². The molecule has 1 unspecified atom stereocenters. The van der Waals surface area contributed by atoms with Gasteiger partial charge in [0.15, 0.2) is 0 Å². The van der Waals surface area contributed by atoms with Crippen LogP contribution >= 0.6 is 11.6 Å². The molecule has 0 fully saturated rings. The van der Waals surface area contributed by atoms with E-state index in [1.807, 2.05) is 12.1 Å². The van der Waals surface area contributed by atoms with Gasteiger partial charge in [0.05, 0.1) is 0 Å². The summed E-state index contributed by atoms with van der Waals surface area (Å²) in [4.78, 5) is 0. The normalized spacial score (nSPS) is 13.8. The molecule has 0 aliphatic rings. The minimum atomic E-state index is 0.144. The first-order valence-corrected chi connectivity index (χ1v) is 7.76. The van der Waals surface area contributed by atoms with Gasteiger partial charge >= 0.3 is 0 Å². The summed E-state index contributed by atoms with van der Waals surface area (Å²) < 4.78 is 0. The number of nitrogens with one attached hydrogen (secondary N) is 1. The van der Waals surface area contributed by atoms with Gasteiger partial charge in [0.25, 0.3) is 0 Å². The van der Waals surface area contributed by atoms with Crippen molar-refractivity contribution in [2.45, 2.75) is 58.9 Å². The molecule has 1 nitrogen and oxygen atoms in total. The van der Waals surface area contributed by atoms with Crippen molar-refractivity contribution in [1.29, 1.82) is 0 Å². The number of benzene rings is 1. The van der Waals surface area contributed by atoms with Gasteiger partial charge < -0.3 is 5.32 Å². The maximum Gasteiger partial charge on any atom is 0.0441 e. The van der Waals surface area contributed by atoms with Crippen LogP contribution in [0.25, 0.3) is 0 Å². The quantitative estimate of drug-likeness (QED) is 0.751. The van der Waals surface area contributed by atoms with Crippen LogP contribution in [0.1, 0.15) is 58.9 Å². The van der Waals surface area contributed by atoms with Crippen molar-refractivity contribution in [2.24, 2.45) is 5.92 Å². The monoisotopic (exact) mass is 281 g/mol. The van der Waals surface area contributed by atoms with Gasteiger partial charge in [-0.3, -0.25) is 0 Å². The van der Waals surface area contributed by atoms with Crippen LogP contribution in [0.5, 0.6) is 0 Å². The summed E-state index contributed by atoms with van der Waals surface area (Å²) in [6, 6.07) is 8.28. The van der Waals surface area contributed by atoms with Crippen molar-refractivity contribution in [2.75, 3.05) is 6.54 Å². The molecule has 1 atom stereocenters. The van der Waals surface area contributed by atoms with Crippen LogP contribution in [0.4, 0.5) is 0 Å². The molecule has 1 aromatic carbocycles. The Bertz CT molecular complexity index is 377. The summed E-state index contributed by atoms with van der Waals surface area (Å²) in [6.45, 7) is 12.2. The average Bonchev–Trinajstić information content (AvgIpc) is 2.34. The Labute approximate surface area is 123 Å². The lowest BCUT2D eigenvalue weighted by Gasteiger charge is -2.31. The molecule has 19 heavy (non-hydrogen) atoms. The topological polar surface area (TPSA) is 12.0 Å². The molecule has 1 aromatic rings. The van der Waals surface area contributed by atoms with Crippen LogP contribution in [0, 0.1) is 5.92 Å². The van der Waals surface area contributed by atoms with Gasteiger partial charge in [-0.1, -0.05) is 56.5 Å². The zero-order chi connectivity index (χ0) is 14.5. The molecule has 1 rings (SSSR count). The fourth-order valence-corrected chi connectivity index (χ4v) is 2.86. The van der Waals surface area contributed by atoms with E-state index < -0.39 is 0 Å². The molecule has 0 aliphatic heterocycles. The maximum absolute atomic E-state index is 6.40. The standard InChI is InChI=1S/C17H28ClN/c1-6-13(7-2)15(12-19-17(3,4)5)14-10-8-9-11-16(14)18/h8-11,13,15,19H,6-7,12H2,1-5H3. The van der Waals surface area contributed by atoms with E-state index in [2.05, 4.69) is 52.1 Å². The van der Waals surface area contributed by atoms with Crippen LogP contribution in [-0.4, -0.2) is 12.1 Å². The molecule has 0 amide bonds. The van der Waals surface area contributed by atoms with Gasteiger partial charge in [0.1, 0.15) is 0 Å². The second kappa shape index (κ2) is 7.31. The van der Waals surface area contributed by atoms with E-state index in [0.717, 1.165) is 11.6 Å². The van der Waals surface area contributed by atoms with Crippen LogP contribution in [0.2, 0.25) is 5.02 Å². The molecule has 1 N–H and O–H groups in total. The Morgan fingerprint density at radius 1 is 1.11 bits per heavy atom. The minimum Gasteiger partial charge on any atom is -0.311 e. The van der Waals surface area contributed by atoms with Crippen molar-refractivity contribution in [3.05, 3.63) is 34.9 Å². The van der Waals surface area contributed by atoms with Gasteiger partial charge in [-0.2, -0.15) is 0 Å². The highest BCUT2D eigenvalue weighted by atomic mass is 35.5. The fourth-order valence-electron chi connectivity index (χ4n) is 2.58. The largest absolute Gasteiger partial charge is 0.311 e. The summed E-state index contributed by atoms with van der Waals surface area (Å²) in [5.41, 5.74) is 1.43. The maximum atomic E-state index is 6.40. The highest BCUT2D eigenvalue weighted by Gasteiger charge is 2.24. The van der Waals surface area contributed by atoms with E-state index in [0.29, 0.717) is 11.8 Å². The predicted octanol–water partition coefficient (Wildman–Crippen LogP) is 5.25. The van der Waals surface area contributed by atoms with Gasteiger partial charge in [0.2, 0.25) is 0 Å². The highest BCUT2D eigenvalue weighted by molar-refractivity contribution is 6.31. The molecule has 0 heterocycles. The van der Waals surface area contributed by atoms with E-state index >= 15 is 0 Å². The SMILES string of the molecule is CCC(CC)C(CNC(C)(C)C)c1ccccc1Cl. The number of rotatable bonds is 6. The molecule has 108 valence electrons. The van der Waals surface area contributed by atoms with Crippen molar-refractivity contribution in [3.63, 3.8) is 0 Å². The molecule has 0 saturated heterocycles. The second-order valence-electron chi connectivity index (χ2n) is 6.34. The van der Waals surface area contributed by atoms with Gasteiger partial charge in [-0.15, -0.1) is 0 Å². The molecular weight excluding hydrogens is 254 g/mol. The first-order valence-electron chi connectivity index (χ1n) is 7.38. The van der Waals surface area contributed by atoms with E-state index in [4.69, 9.17) is 11.6 Å². The summed E-state index contributed by atoms with van der Waals surface area (Å²) >= 11 is 6.40. The van der Waals surface area contributed by atoms with Gasteiger partial charge in [-0.05, 0) is 38.3 Å². The molecule has 0 radical (unpaired) electrons. The third-order valence-corrected chi connectivity index (χ3v) is 4.12. The van der Waals surface area contributed by atoms with Crippen LogP contribution in [0.15, 0.2) is 24.3 Å². The summed E-state index contributed by atoms with van der Waals surface area (Å²) in [6.07, 6.45) is 2.39. The Morgan fingerprint density at radius 2 is 1.68 bits per heavy atom. The molecule has 0 bridgehead atoms. The molecular formula is C17H28ClN. The Balaban J connectivity index is 2.95. The van der Waals surface area contributed by atoms with Crippen molar-refractivity contribution in [3.8, 4) is 0 Å². The summed E-state index contributed by atoms with van der Waals surface area (Å²) in [7, 11) is 0. The first-order chi connectivity index (χ1) is 8.89. The van der Waals surface area contributed by atoms with Crippen molar-refractivity contribution in [1.82, 2.24) is 5.32 Å². The van der Waals surface area contributed by atoms with E-state index in [1.165, 1.54) is 18.4 Å². The Hall–Kier alpha value is -0.530. The Morgan fingerprint density at radius 3 is 2.16 bits per heavy atom. The van der Waals surface area contributed by atoms with Gasteiger partial charge in [-0.25, -0.2) is 0 Å². The van der Waals surface area contributed by atoms with Crippen LogP contribution < -0.4 is 5.32 Å². The number of halogens is 1.